The van der Waals surface area contributed by atoms with Gasteiger partial charge in [0.1, 0.15) is 5.75 Å². The third-order valence-electron chi connectivity index (χ3n) is 2.21. The SMILES string of the molecule is CC[C@@H](C(=O)OC)c1ccccc1O. The van der Waals surface area contributed by atoms with E-state index in [0.717, 1.165) is 0 Å². The summed E-state index contributed by atoms with van der Waals surface area (Å²) in [5.74, 6) is -0.542. The van der Waals surface area contributed by atoms with Crippen molar-refractivity contribution in [1.29, 1.82) is 0 Å². The number of aromatic hydroxyl groups is 1. The highest BCUT2D eigenvalue weighted by atomic mass is 16.5. The zero-order valence-electron chi connectivity index (χ0n) is 8.36. The number of esters is 1. The maximum Gasteiger partial charge on any atom is 0.313 e. The van der Waals surface area contributed by atoms with Gasteiger partial charge in [0.2, 0.25) is 0 Å². The van der Waals surface area contributed by atoms with Gasteiger partial charge in [0.25, 0.3) is 0 Å². The predicted molar refractivity (Wildman–Crippen MR) is 53.2 cm³/mol. The second kappa shape index (κ2) is 4.65. The van der Waals surface area contributed by atoms with Crippen LogP contribution in [0.1, 0.15) is 24.8 Å². The molecule has 1 aromatic carbocycles. The van der Waals surface area contributed by atoms with Crippen LogP contribution in [0.25, 0.3) is 0 Å². The molecule has 0 saturated heterocycles. The molecule has 0 aliphatic carbocycles. The first-order valence-electron chi connectivity index (χ1n) is 4.56. The Kier molecular flexibility index (Phi) is 3.51. The van der Waals surface area contributed by atoms with Crippen molar-refractivity contribution in [3.05, 3.63) is 29.8 Å². The first-order chi connectivity index (χ1) is 6.70. The van der Waals surface area contributed by atoms with Crippen molar-refractivity contribution in [3.8, 4) is 5.75 Å². The van der Waals surface area contributed by atoms with Crippen LogP contribution in [0.3, 0.4) is 0 Å². The van der Waals surface area contributed by atoms with E-state index in [-0.39, 0.29) is 17.6 Å². The highest BCUT2D eigenvalue weighted by Crippen LogP contribution is 2.28. The van der Waals surface area contributed by atoms with E-state index in [2.05, 4.69) is 4.74 Å². The smallest absolute Gasteiger partial charge is 0.313 e. The number of carbonyl (C=O) groups excluding carboxylic acids is 1. The summed E-state index contributed by atoms with van der Waals surface area (Å²) in [6, 6.07) is 6.82. The number of phenols is 1. The predicted octanol–water partition coefficient (Wildman–Crippen LogP) is 2.06. The normalized spacial score (nSPS) is 12.1. The van der Waals surface area contributed by atoms with Crippen LogP contribution in [0.5, 0.6) is 5.75 Å². The van der Waals surface area contributed by atoms with Gasteiger partial charge in [0.05, 0.1) is 13.0 Å². The Morgan fingerprint density at radius 2 is 2.14 bits per heavy atom. The average molecular weight is 194 g/mol. The molecule has 14 heavy (non-hydrogen) atoms. The van der Waals surface area contributed by atoms with Gasteiger partial charge in [-0.3, -0.25) is 4.79 Å². The molecule has 3 nitrogen and oxygen atoms in total. The number of ether oxygens (including phenoxy) is 1. The fourth-order valence-corrected chi connectivity index (χ4v) is 1.44. The van der Waals surface area contributed by atoms with Gasteiger partial charge in [0.15, 0.2) is 0 Å². The van der Waals surface area contributed by atoms with Crippen molar-refractivity contribution in [3.63, 3.8) is 0 Å². The van der Waals surface area contributed by atoms with Crippen LogP contribution in [0.2, 0.25) is 0 Å². The third-order valence-corrected chi connectivity index (χ3v) is 2.21. The molecule has 1 N–H and O–H groups in total. The zero-order valence-corrected chi connectivity index (χ0v) is 8.36. The van der Waals surface area contributed by atoms with Gasteiger partial charge in [-0.25, -0.2) is 0 Å². The molecule has 0 fully saturated rings. The average Bonchev–Trinajstić information content (AvgIpc) is 2.21. The summed E-state index contributed by atoms with van der Waals surface area (Å²) in [5, 5.41) is 9.55. The number of hydrogen-bond donors (Lipinski definition) is 1. The minimum atomic E-state index is -0.374. The summed E-state index contributed by atoms with van der Waals surface area (Å²) in [5.41, 5.74) is 0.627. The van der Waals surface area contributed by atoms with Crippen molar-refractivity contribution >= 4 is 5.97 Å². The Hall–Kier alpha value is -1.51. The number of phenolic OH excluding ortho intramolecular Hbond substituents is 1. The molecule has 0 heterocycles. The van der Waals surface area contributed by atoms with Crippen LogP contribution in [0.4, 0.5) is 0 Å². The van der Waals surface area contributed by atoms with Gasteiger partial charge in [-0.2, -0.15) is 0 Å². The van der Waals surface area contributed by atoms with Crippen molar-refractivity contribution in [1.82, 2.24) is 0 Å². The topological polar surface area (TPSA) is 46.5 Å². The number of hydrogen-bond acceptors (Lipinski definition) is 3. The molecular formula is C11H14O3. The number of para-hydroxylation sites is 1. The van der Waals surface area contributed by atoms with E-state index in [1.807, 2.05) is 6.92 Å². The van der Waals surface area contributed by atoms with Gasteiger partial charge in [-0.1, -0.05) is 25.1 Å². The van der Waals surface area contributed by atoms with Gasteiger partial charge >= 0.3 is 5.97 Å². The second-order valence-corrected chi connectivity index (χ2v) is 3.04. The van der Waals surface area contributed by atoms with Gasteiger partial charge in [-0.15, -0.1) is 0 Å². The zero-order chi connectivity index (χ0) is 10.6. The number of rotatable bonds is 3. The molecule has 1 rings (SSSR count). The summed E-state index contributed by atoms with van der Waals surface area (Å²) in [6.45, 7) is 1.88. The Bertz CT molecular complexity index is 320. The quantitative estimate of drug-likeness (QED) is 0.749. The minimum absolute atomic E-state index is 0.143. The van der Waals surface area contributed by atoms with E-state index in [1.54, 1.807) is 24.3 Å². The van der Waals surface area contributed by atoms with E-state index in [1.165, 1.54) is 7.11 Å². The Balaban J connectivity index is 3.01. The van der Waals surface area contributed by atoms with Crippen LogP contribution in [0.15, 0.2) is 24.3 Å². The van der Waals surface area contributed by atoms with Crippen LogP contribution >= 0.6 is 0 Å². The molecule has 0 spiro atoms. The third kappa shape index (κ3) is 2.05. The minimum Gasteiger partial charge on any atom is -0.508 e. The Labute approximate surface area is 83.3 Å². The van der Waals surface area contributed by atoms with Crippen molar-refractivity contribution in [2.45, 2.75) is 19.3 Å². The molecule has 3 heteroatoms. The number of benzene rings is 1. The van der Waals surface area contributed by atoms with Gasteiger partial charge < -0.3 is 9.84 Å². The number of carbonyl (C=O) groups is 1. The lowest BCUT2D eigenvalue weighted by atomic mass is 9.96. The van der Waals surface area contributed by atoms with Crippen molar-refractivity contribution < 1.29 is 14.6 Å². The van der Waals surface area contributed by atoms with Crippen LogP contribution in [-0.4, -0.2) is 18.2 Å². The molecule has 0 radical (unpaired) electrons. The van der Waals surface area contributed by atoms with Crippen LogP contribution in [-0.2, 0) is 9.53 Å². The van der Waals surface area contributed by atoms with E-state index in [4.69, 9.17) is 0 Å². The summed E-state index contributed by atoms with van der Waals surface area (Å²) in [4.78, 5) is 11.4. The summed E-state index contributed by atoms with van der Waals surface area (Å²) < 4.78 is 4.66. The molecule has 0 aromatic heterocycles. The Morgan fingerprint density at radius 1 is 1.50 bits per heavy atom. The monoisotopic (exact) mass is 194 g/mol. The first kappa shape index (κ1) is 10.6. The maximum atomic E-state index is 11.4. The van der Waals surface area contributed by atoms with Gasteiger partial charge in [-0.05, 0) is 12.5 Å². The molecule has 76 valence electrons. The van der Waals surface area contributed by atoms with Crippen molar-refractivity contribution in [2.24, 2.45) is 0 Å². The first-order valence-corrected chi connectivity index (χ1v) is 4.56. The molecule has 1 atom stereocenters. The molecule has 0 unspecified atom stereocenters. The second-order valence-electron chi connectivity index (χ2n) is 3.04. The fraction of sp³-hybridized carbons (Fsp3) is 0.364. The molecule has 0 amide bonds. The van der Waals surface area contributed by atoms with Crippen LogP contribution in [0, 0.1) is 0 Å². The molecular weight excluding hydrogens is 180 g/mol. The standard InChI is InChI=1S/C11H14O3/c1-3-8(11(13)14-2)9-6-4-5-7-10(9)12/h4-8,12H,3H2,1-2H3/t8-/m1/s1. The van der Waals surface area contributed by atoms with E-state index in [0.29, 0.717) is 12.0 Å². The van der Waals surface area contributed by atoms with Gasteiger partial charge in [0, 0.05) is 5.56 Å². The molecule has 0 saturated carbocycles. The maximum absolute atomic E-state index is 11.4. The lowest BCUT2D eigenvalue weighted by Gasteiger charge is -2.13. The van der Waals surface area contributed by atoms with E-state index < -0.39 is 0 Å². The molecule has 0 aliphatic heterocycles. The highest BCUT2D eigenvalue weighted by molar-refractivity contribution is 5.78. The summed E-state index contributed by atoms with van der Waals surface area (Å²) in [7, 11) is 1.35. The van der Waals surface area contributed by atoms with Crippen LogP contribution < -0.4 is 0 Å². The molecule has 0 bridgehead atoms. The molecule has 0 aliphatic rings. The Morgan fingerprint density at radius 3 is 2.64 bits per heavy atom. The lowest BCUT2D eigenvalue weighted by Crippen LogP contribution is -2.13. The van der Waals surface area contributed by atoms with Crippen molar-refractivity contribution in [2.75, 3.05) is 7.11 Å². The molecule has 1 aromatic rings. The fourth-order valence-electron chi connectivity index (χ4n) is 1.44. The van der Waals surface area contributed by atoms with E-state index >= 15 is 0 Å². The lowest BCUT2D eigenvalue weighted by molar-refractivity contribution is -0.142. The summed E-state index contributed by atoms with van der Waals surface area (Å²) >= 11 is 0. The largest absolute Gasteiger partial charge is 0.508 e. The number of methoxy groups -OCH3 is 1. The summed E-state index contributed by atoms with van der Waals surface area (Å²) in [6.07, 6.45) is 0.615. The van der Waals surface area contributed by atoms with E-state index in [9.17, 15) is 9.90 Å². The highest BCUT2D eigenvalue weighted by Gasteiger charge is 2.21.